The molecule has 11 heavy (non-hydrogen) atoms. The Morgan fingerprint density at radius 3 is 2.36 bits per heavy atom. The second kappa shape index (κ2) is 11.7. The maximum atomic E-state index is 3.78. The van der Waals surface area contributed by atoms with E-state index in [4.69, 9.17) is 0 Å². The highest BCUT2D eigenvalue weighted by Gasteiger charge is 1.73. The van der Waals surface area contributed by atoms with Crippen LogP contribution in [0.15, 0.2) is 29.5 Å². The van der Waals surface area contributed by atoms with Crippen molar-refractivity contribution in [2.24, 2.45) is 4.99 Å². The molecule has 64 valence electrons. The topological polar surface area (TPSA) is 24.4 Å². The summed E-state index contributed by atoms with van der Waals surface area (Å²) in [6.07, 6.45) is 5.07. The summed E-state index contributed by atoms with van der Waals surface area (Å²) < 4.78 is 0. The maximum absolute atomic E-state index is 3.78. The van der Waals surface area contributed by atoms with E-state index in [0.29, 0.717) is 0 Å². The molecule has 0 unspecified atom stereocenters. The van der Waals surface area contributed by atoms with Crippen molar-refractivity contribution in [2.45, 2.75) is 20.8 Å². The fourth-order valence-corrected chi connectivity index (χ4v) is 0.299. The van der Waals surface area contributed by atoms with E-state index in [9.17, 15) is 0 Å². The third-order valence-corrected chi connectivity index (χ3v) is 0.910. The van der Waals surface area contributed by atoms with Gasteiger partial charge in [-0.25, -0.2) is 0 Å². The summed E-state index contributed by atoms with van der Waals surface area (Å²) >= 11 is 0. The standard InChI is InChI=1S/C7H12N2.C2H6/c1-4-9-6-5-7(2)8-3;1-2/h4-6,8H,1H2,2-3H3;1-2H3/b7-5+,9-6?;. The van der Waals surface area contributed by atoms with Crippen LogP contribution in [0.2, 0.25) is 0 Å². The SMILES string of the molecule is C=CN=C/C=C(\C)NC.CC. The van der Waals surface area contributed by atoms with Crippen LogP contribution in [0.4, 0.5) is 0 Å². The minimum atomic E-state index is 1.08. The highest BCUT2D eigenvalue weighted by molar-refractivity contribution is 5.72. The van der Waals surface area contributed by atoms with Crippen LogP contribution in [0.1, 0.15) is 20.8 Å². The lowest BCUT2D eigenvalue weighted by atomic mass is 10.4. The average molecular weight is 154 g/mol. The Hall–Kier alpha value is -1.05. The molecule has 0 saturated heterocycles. The molecule has 0 aromatic heterocycles. The molecule has 0 amide bonds. The molecule has 0 aliphatic carbocycles. The number of nitrogens with zero attached hydrogens (tertiary/aromatic N) is 1. The third-order valence-electron chi connectivity index (χ3n) is 0.910. The van der Waals surface area contributed by atoms with Gasteiger partial charge in [0.15, 0.2) is 0 Å². The molecule has 0 atom stereocenters. The van der Waals surface area contributed by atoms with Gasteiger partial charge in [-0.15, -0.1) is 0 Å². The normalized spacial score (nSPS) is 10.4. The summed E-state index contributed by atoms with van der Waals surface area (Å²) in [7, 11) is 1.87. The van der Waals surface area contributed by atoms with Crippen LogP contribution in [0.3, 0.4) is 0 Å². The molecule has 0 spiro atoms. The van der Waals surface area contributed by atoms with Crippen LogP contribution < -0.4 is 5.32 Å². The first-order valence-electron chi connectivity index (χ1n) is 3.80. The van der Waals surface area contributed by atoms with Gasteiger partial charge in [0.1, 0.15) is 0 Å². The van der Waals surface area contributed by atoms with Crippen molar-refractivity contribution in [3.8, 4) is 0 Å². The van der Waals surface area contributed by atoms with Gasteiger partial charge >= 0.3 is 0 Å². The molecule has 0 aromatic carbocycles. The molecule has 1 N–H and O–H groups in total. The molecule has 0 saturated carbocycles. The summed E-state index contributed by atoms with van der Waals surface area (Å²) in [6.45, 7) is 9.40. The van der Waals surface area contributed by atoms with E-state index < -0.39 is 0 Å². The maximum Gasteiger partial charge on any atom is 0.0284 e. The molecule has 0 radical (unpaired) electrons. The predicted octanol–water partition coefficient (Wildman–Crippen LogP) is 2.35. The van der Waals surface area contributed by atoms with Crippen molar-refractivity contribution < 1.29 is 0 Å². The molecular formula is C9H18N2. The number of aliphatic imine (C=N–C) groups is 1. The molecular weight excluding hydrogens is 136 g/mol. The first kappa shape index (κ1) is 12.6. The third kappa shape index (κ3) is 12.2. The van der Waals surface area contributed by atoms with Crippen molar-refractivity contribution in [2.75, 3.05) is 7.05 Å². The van der Waals surface area contributed by atoms with Crippen molar-refractivity contribution >= 4 is 6.21 Å². The van der Waals surface area contributed by atoms with Gasteiger partial charge in [-0.1, -0.05) is 20.4 Å². The van der Waals surface area contributed by atoms with Gasteiger partial charge in [0.2, 0.25) is 0 Å². The van der Waals surface area contributed by atoms with E-state index in [1.54, 1.807) is 6.21 Å². The first-order valence-corrected chi connectivity index (χ1v) is 3.80. The second-order valence-corrected chi connectivity index (χ2v) is 1.58. The van der Waals surface area contributed by atoms with Gasteiger partial charge in [-0.2, -0.15) is 0 Å². The zero-order chi connectivity index (χ0) is 9.11. The summed E-state index contributed by atoms with van der Waals surface area (Å²) in [5, 5.41) is 2.96. The van der Waals surface area contributed by atoms with Gasteiger partial charge in [-0.3, -0.25) is 4.99 Å². The number of rotatable bonds is 3. The lowest BCUT2D eigenvalue weighted by molar-refractivity contribution is 0.994. The fourth-order valence-electron chi connectivity index (χ4n) is 0.299. The van der Waals surface area contributed by atoms with E-state index in [2.05, 4.69) is 16.9 Å². The van der Waals surface area contributed by atoms with E-state index in [-0.39, 0.29) is 0 Å². The minimum Gasteiger partial charge on any atom is -0.392 e. The summed E-state index contributed by atoms with van der Waals surface area (Å²) in [5.74, 6) is 0. The Morgan fingerprint density at radius 1 is 1.45 bits per heavy atom. The predicted molar refractivity (Wildman–Crippen MR) is 52.9 cm³/mol. The van der Waals surface area contributed by atoms with E-state index >= 15 is 0 Å². The zero-order valence-corrected chi connectivity index (χ0v) is 7.89. The quantitative estimate of drug-likeness (QED) is 0.620. The lowest BCUT2D eigenvalue weighted by Gasteiger charge is -1.92. The van der Waals surface area contributed by atoms with Gasteiger partial charge in [-0.05, 0) is 13.0 Å². The Balaban J connectivity index is 0. The van der Waals surface area contributed by atoms with Crippen LogP contribution >= 0.6 is 0 Å². The number of hydrogen-bond donors (Lipinski definition) is 1. The van der Waals surface area contributed by atoms with E-state index in [0.717, 1.165) is 5.70 Å². The molecule has 0 fully saturated rings. The first-order chi connectivity index (χ1) is 5.31. The van der Waals surface area contributed by atoms with Crippen LogP contribution in [-0.2, 0) is 0 Å². The van der Waals surface area contributed by atoms with Gasteiger partial charge in [0.25, 0.3) is 0 Å². The summed E-state index contributed by atoms with van der Waals surface area (Å²) in [5.41, 5.74) is 1.08. The molecule has 0 heterocycles. The van der Waals surface area contributed by atoms with Crippen LogP contribution in [0.5, 0.6) is 0 Å². The number of hydrogen-bond acceptors (Lipinski definition) is 2. The van der Waals surface area contributed by atoms with Gasteiger partial charge in [0, 0.05) is 25.2 Å². The van der Waals surface area contributed by atoms with Crippen LogP contribution in [0, 0.1) is 0 Å². The smallest absolute Gasteiger partial charge is 0.0284 e. The van der Waals surface area contributed by atoms with Crippen molar-refractivity contribution in [1.29, 1.82) is 0 Å². The average Bonchev–Trinajstić information content (AvgIpc) is 2.08. The summed E-state index contributed by atoms with van der Waals surface area (Å²) in [6, 6.07) is 0. The van der Waals surface area contributed by atoms with Crippen LogP contribution in [0.25, 0.3) is 0 Å². The molecule has 2 heteroatoms. The minimum absolute atomic E-state index is 1.08. The van der Waals surface area contributed by atoms with Crippen molar-refractivity contribution in [1.82, 2.24) is 5.32 Å². The van der Waals surface area contributed by atoms with E-state index in [1.807, 2.05) is 33.9 Å². The molecule has 0 aliphatic rings. The second-order valence-electron chi connectivity index (χ2n) is 1.58. The highest BCUT2D eigenvalue weighted by Crippen LogP contribution is 1.79. The lowest BCUT2D eigenvalue weighted by Crippen LogP contribution is -2.00. The Labute approximate surface area is 69.7 Å². The van der Waals surface area contributed by atoms with Crippen LogP contribution in [-0.4, -0.2) is 13.3 Å². The molecule has 0 bridgehead atoms. The Kier molecular flexibility index (Phi) is 13.4. The highest BCUT2D eigenvalue weighted by atomic mass is 14.8. The van der Waals surface area contributed by atoms with Gasteiger partial charge in [0.05, 0.1) is 0 Å². The van der Waals surface area contributed by atoms with Crippen molar-refractivity contribution in [3.63, 3.8) is 0 Å². The molecule has 0 rings (SSSR count). The largest absolute Gasteiger partial charge is 0.392 e. The number of nitrogens with one attached hydrogen (secondary N) is 1. The molecule has 0 aliphatic heterocycles. The van der Waals surface area contributed by atoms with E-state index in [1.165, 1.54) is 6.20 Å². The van der Waals surface area contributed by atoms with Crippen molar-refractivity contribution in [3.05, 3.63) is 24.6 Å². The summed E-state index contributed by atoms with van der Waals surface area (Å²) in [4.78, 5) is 3.78. The Morgan fingerprint density at radius 2 is 2.00 bits per heavy atom. The number of allylic oxidation sites excluding steroid dienone is 2. The zero-order valence-electron chi connectivity index (χ0n) is 7.89. The molecule has 0 aromatic rings. The monoisotopic (exact) mass is 154 g/mol. The van der Waals surface area contributed by atoms with Gasteiger partial charge < -0.3 is 5.32 Å². The Bertz CT molecular complexity index is 134. The molecule has 2 nitrogen and oxygen atoms in total. The fraction of sp³-hybridized carbons (Fsp3) is 0.444.